The van der Waals surface area contributed by atoms with Crippen molar-refractivity contribution < 1.29 is 9.26 Å². The minimum absolute atomic E-state index is 0.515. The van der Waals surface area contributed by atoms with Crippen LogP contribution in [0.15, 0.2) is 45.7 Å². The van der Waals surface area contributed by atoms with Crippen LogP contribution in [-0.2, 0) is 6.61 Å². The monoisotopic (exact) mass is 253 g/mol. The molecule has 1 aromatic heterocycles. The molecule has 0 bridgehead atoms. The first kappa shape index (κ1) is 9.27. The number of ether oxygens (including phenoxy) is 1. The minimum atomic E-state index is 0.515. The quantitative estimate of drug-likeness (QED) is 0.844. The molecule has 0 atom stereocenters. The Balaban J connectivity index is 1.98. The summed E-state index contributed by atoms with van der Waals surface area (Å²) in [5.74, 6) is 0.643. The van der Waals surface area contributed by atoms with Crippen molar-refractivity contribution in [3.05, 3.63) is 46.8 Å². The second-order valence-electron chi connectivity index (χ2n) is 2.78. The van der Waals surface area contributed by atoms with E-state index in [1.54, 1.807) is 0 Å². The van der Waals surface area contributed by atoms with Crippen LogP contribution in [0.3, 0.4) is 0 Å². The second kappa shape index (κ2) is 4.28. The van der Waals surface area contributed by atoms with Gasteiger partial charge in [0.05, 0.1) is 0 Å². The first-order chi connectivity index (χ1) is 6.84. The van der Waals surface area contributed by atoms with Crippen LogP contribution in [0.4, 0.5) is 0 Å². The molecule has 0 aliphatic heterocycles. The van der Waals surface area contributed by atoms with Gasteiger partial charge in [-0.15, -0.1) is 0 Å². The summed E-state index contributed by atoms with van der Waals surface area (Å²) in [7, 11) is 0. The van der Waals surface area contributed by atoms with Crippen LogP contribution in [0.5, 0.6) is 5.75 Å². The molecule has 0 spiro atoms. The molecule has 3 nitrogen and oxygen atoms in total. The Hall–Kier alpha value is -1.29. The van der Waals surface area contributed by atoms with Crippen LogP contribution in [0.1, 0.15) is 5.56 Å². The molecule has 72 valence electrons. The number of hydrogen-bond acceptors (Lipinski definition) is 3. The van der Waals surface area contributed by atoms with Crippen molar-refractivity contribution in [3.8, 4) is 5.75 Å². The minimum Gasteiger partial charge on any atom is -0.484 e. The summed E-state index contributed by atoms with van der Waals surface area (Å²) >= 11 is 3.39. The van der Waals surface area contributed by atoms with E-state index in [1.165, 1.54) is 12.5 Å². The maximum atomic E-state index is 5.41. The van der Waals surface area contributed by atoms with Crippen molar-refractivity contribution in [2.45, 2.75) is 6.61 Å². The maximum Gasteiger partial charge on any atom is 0.179 e. The lowest BCUT2D eigenvalue weighted by molar-refractivity contribution is 0.301. The highest BCUT2D eigenvalue weighted by Crippen LogP contribution is 2.14. The van der Waals surface area contributed by atoms with Crippen molar-refractivity contribution >= 4 is 15.9 Å². The molecule has 0 aliphatic rings. The number of rotatable bonds is 3. The van der Waals surface area contributed by atoms with Gasteiger partial charge < -0.3 is 9.26 Å². The van der Waals surface area contributed by atoms with E-state index < -0.39 is 0 Å². The van der Waals surface area contributed by atoms with Crippen molar-refractivity contribution in [1.29, 1.82) is 0 Å². The molecule has 2 rings (SSSR count). The third-order valence-electron chi connectivity index (χ3n) is 1.70. The topological polar surface area (TPSA) is 35.3 Å². The molecule has 0 saturated heterocycles. The van der Waals surface area contributed by atoms with Crippen molar-refractivity contribution in [1.82, 2.24) is 5.16 Å². The van der Waals surface area contributed by atoms with Gasteiger partial charge >= 0.3 is 0 Å². The van der Waals surface area contributed by atoms with E-state index in [-0.39, 0.29) is 0 Å². The van der Waals surface area contributed by atoms with Gasteiger partial charge in [0, 0.05) is 4.47 Å². The molecule has 0 radical (unpaired) electrons. The van der Waals surface area contributed by atoms with Gasteiger partial charge in [-0.05, 0) is 17.7 Å². The summed E-state index contributed by atoms with van der Waals surface area (Å²) in [6.45, 7) is 0.515. The zero-order valence-corrected chi connectivity index (χ0v) is 8.90. The van der Waals surface area contributed by atoms with Gasteiger partial charge in [0.1, 0.15) is 12.8 Å². The lowest BCUT2D eigenvalue weighted by Crippen LogP contribution is -1.93. The van der Waals surface area contributed by atoms with Gasteiger partial charge in [0.2, 0.25) is 0 Å². The summed E-state index contributed by atoms with van der Waals surface area (Å²) in [5, 5.41) is 3.54. The van der Waals surface area contributed by atoms with Gasteiger partial charge in [-0.1, -0.05) is 33.2 Å². The van der Waals surface area contributed by atoms with E-state index in [2.05, 4.69) is 25.6 Å². The van der Waals surface area contributed by atoms with Crippen LogP contribution < -0.4 is 4.74 Å². The highest BCUT2D eigenvalue weighted by atomic mass is 79.9. The van der Waals surface area contributed by atoms with E-state index in [0.717, 1.165) is 10.0 Å². The fourth-order valence-corrected chi connectivity index (χ4v) is 1.51. The van der Waals surface area contributed by atoms with Crippen LogP contribution >= 0.6 is 15.9 Å². The van der Waals surface area contributed by atoms with E-state index in [9.17, 15) is 0 Å². The average molecular weight is 254 g/mol. The lowest BCUT2D eigenvalue weighted by Gasteiger charge is -2.02. The first-order valence-corrected chi connectivity index (χ1v) is 4.90. The van der Waals surface area contributed by atoms with Crippen molar-refractivity contribution in [3.63, 3.8) is 0 Å². The largest absolute Gasteiger partial charge is 0.484 e. The smallest absolute Gasteiger partial charge is 0.179 e. The van der Waals surface area contributed by atoms with Gasteiger partial charge in [0.15, 0.2) is 12.0 Å². The molecule has 0 fully saturated rings. The highest BCUT2D eigenvalue weighted by molar-refractivity contribution is 9.10. The summed E-state index contributed by atoms with van der Waals surface area (Å²) in [6.07, 6.45) is 3.01. The summed E-state index contributed by atoms with van der Waals surface area (Å²) in [6, 6.07) is 7.95. The molecule has 4 heteroatoms. The van der Waals surface area contributed by atoms with Crippen LogP contribution in [0, 0.1) is 0 Å². The summed E-state index contributed by atoms with van der Waals surface area (Å²) in [4.78, 5) is 0. The van der Waals surface area contributed by atoms with Crippen LogP contribution in [-0.4, -0.2) is 5.16 Å². The standard InChI is InChI=1S/C10H8BrNO2/c11-9-3-1-2-8(4-9)6-13-10-5-12-14-7-10/h1-5,7H,6H2. The second-order valence-corrected chi connectivity index (χ2v) is 3.69. The predicted octanol–water partition coefficient (Wildman–Crippen LogP) is 3.02. The number of aromatic nitrogens is 1. The summed E-state index contributed by atoms with van der Waals surface area (Å²) in [5.41, 5.74) is 1.10. The van der Waals surface area contributed by atoms with E-state index in [0.29, 0.717) is 12.4 Å². The van der Waals surface area contributed by atoms with Crippen molar-refractivity contribution in [2.75, 3.05) is 0 Å². The van der Waals surface area contributed by atoms with Gasteiger partial charge in [-0.2, -0.15) is 0 Å². The Morgan fingerprint density at radius 1 is 1.43 bits per heavy atom. The lowest BCUT2D eigenvalue weighted by atomic mass is 10.2. The maximum absolute atomic E-state index is 5.41. The molecular formula is C10H8BrNO2. The first-order valence-electron chi connectivity index (χ1n) is 4.11. The molecule has 0 N–H and O–H groups in total. The van der Waals surface area contributed by atoms with Gasteiger partial charge in [-0.25, -0.2) is 0 Å². The zero-order chi connectivity index (χ0) is 9.80. The molecule has 14 heavy (non-hydrogen) atoms. The van der Waals surface area contributed by atoms with E-state index in [1.807, 2.05) is 24.3 Å². The summed E-state index contributed by atoms with van der Waals surface area (Å²) < 4.78 is 11.1. The molecule has 0 unspecified atom stereocenters. The fourth-order valence-electron chi connectivity index (χ4n) is 1.06. The molecule has 0 saturated carbocycles. The Morgan fingerprint density at radius 3 is 3.07 bits per heavy atom. The van der Waals surface area contributed by atoms with Crippen molar-refractivity contribution in [2.24, 2.45) is 0 Å². The van der Waals surface area contributed by atoms with Gasteiger partial charge in [-0.3, -0.25) is 0 Å². The normalized spacial score (nSPS) is 10.1. The molecule has 0 amide bonds. The third-order valence-corrected chi connectivity index (χ3v) is 2.20. The molecule has 2 aromatic rings. The number of halogens is 1. The average Bonchev–Trinajstić information content (AvgIpc) is 2.67. The molecule has 1 aromatic carbocycles. The fraction of sp³-hybridized carbons (Fsp3) is 0.100. The van der Waals surface area contributed by atoms with Crippen LogP contribution in [0.2, 0.25) is 0 Å². The predicted molar refractivity (Wildman–Crippen MR) is 55.0 cm³/mol. The highest BCUT2D eigenvalue weighted by Gasteiger charge is 1.97. The number of hydrogen-bond donors (Lipinski definition) is 0. The Labute approximate surface area is 89.8 Å². The van der Waals surface area contributed by atoms with Crippen LogP contribution in [0.25, 0.3) is 0 Å². The molecular weight excluding hydrogens is 246 g/mol. The third kappa shape index (κ3) is 2.35. The Bertz CT molecular complexity index is 400. The SMILES string of the molecule is Brc1cccc(COc2cnoc2)c1. The number of nitrogens with zero attached hydrogens (tertiary/aromatic N) is 1. The molecule has 0 aliphatic carbocycles. The Morgan fingerprint density at radius 2 is 2.36 bits per heavy atom. The molecule has 1 heterocycles. The van der Waals surface area contributed by atoms with E-state index in [4.69, 9.17) is 4.74 Å². The van der Waals surface area contributed by atoms with Gasteiger partial charge in [0.25, 0.3) is 0 Å². The Kier molecular flexibility index (Phi) is 2.84. The number of benzene rings is 1. The van der Waals surface area contributed by atoms with E-state index >= 15 is 0 Å². The zero-order valence-electron chi connectivity index (χ0n) is 7.31.